The molecule has 0 radical (unpaired) electrons. The summed E-state index contributed by atoms with van der Waals surface area (Å²) in [5.41, 5.74) is 7.60. The number of hydrogen-bond donors (Lipinski definition) is 4. The van der Waals surface area contributed by atoms with Crippen LogP contribution in [0.5, 0.6) is 46.0 Å². The number of fused-ring (bicyclic) bond motifs is 8. The van der Waals surface area contributed by atoms with Gasteiger partial charge in [-0.3, -0.25) is 19.2 Å². The monoisotopic (exact) mass is 2020 g/mol. The minimum absolute atomic E-state index is 0.131. The van der Waals surface area contributed by atoms with Crippen LogP contribution in [0.4, 0.5) is 0 Å². The number of unbranched alkanes of at least 4 members (excludes halogenated alkanes) is 8. The van der Waals surface area contributed by atoms with Crippen molar-refractivity contribution in [2.45, 2.75) is 208 Å². The Balaban J connectivity index is 1.19. The predicted octanol–water partition coefficient (Wildman–Crippen LogP) is 23.0. The molecule has 0 aliphatic heterocycles. The highest BCUT2D eigenvalue weighted by atomic mass is 31.2. The van der Waals surface area contributed by atoms with Crippen molar-refractivity contribution in [1.29, 1.82) is 0 Å². The first-order chi connectivity index (χ1) is 70.1. The zero-order valence-corrected chi connectivity index (χ0v) is 89.4. The standard InChI is InChI=1S/C120H144N4O16P4/c1-13-21-33-69-93-97-73-102(118(138-18-6)105(113(97)133-9)77-121-109(125)81-141(129,85-53-37-25-38-54-85)86-55-39-26-40-56-86)95(71-35-23-15-3)99-75-104(120(140-20-8)107(115(99)135-11)79-123-111(127)83-143(131,89-61-45-29-46-62-89)90-63-47-30-48-64-90)96(72-36-24-16-4)100-76-103(119(139-19-7)108(116(100)136-12)80-124-112(128)84-144(132,91-65-49-31-50-66-91)92-67-51-32-52-68-92)94(70-34-22-14-2)98-74-101(93)117(137-17-5)106(114(98)134-10)78-122-110(126)82-142(130,87-57-41-27-42-58-87)88-59-43-28-44-60-88/h25-32,37-68,73-76,93-96H,13-24,33-36,69-72,77-84H2,1-12H3,(H,121,125)(H,122,126)(H,123,127)(H,124,128). The average Bonchev–Trinajstić information content (AvgIpc) is 0.721. The molecule has 0 heterocycles. The van der Waals surface area contributed by atoms with E-state index in [0.717, 1.165) is 51.4 Å². The Morgan fingerprint density at radius 1 is 0.229 bits per heavy atom. The Hall–Kier alpha value is -12.2. The molecule has 4 amide bonds. The van der Waals surface area contributed by atoms with Gasteiger partial charge in [-0.15, -0.1) is 0 Å². The molecule has 1 aliphatic rings. The Morgan fingerprint density at radius 3 is 0.521 bits per heavy atom. The molecule has 1 aliphatic carbocycles. The summed E-state index contributed by atoms with van der Waals surface area (Å²) in [7, 11) is -8.28. The van der Waals surface area contributed by atoms with E-state index in [2.05, 4.69) is 73.2 Å². The molecule has 12 aromatic carbocycles. The van der Waals surface area contributed by atoms with E-state index < -0.39 is 75.9 Å². The van der Waals surface area contributed by atoms with Gasteiger partial charge in [0.05, 0.1) is 128 Å². The number of benzene rings is 12. The van der Waals surface area contributed by atoms with E-state index in [1.54, 1.807) is 28.4 Å². The largest absolute Gasteiger partial charge is 0.496 e. The van der Waals surface area contributed by atoms with E-state index in [0.29, 0.717) is 207 Å². The lowest BCUT2D eigenvalue weighted by molar-refractivity contribution is -0.119. The third-order valence-corrected chi connectivity index (χ3v) is 39.6. The van der Waals surface area contributed by atoms with Crippen LogP contribution in [-0.4, -0.2) is 103 Å². The van der Waals surface area contributed by atoms with Gasteiger partial charge in [0.15, 0.2) is 28.6 Å². The lowest BCUT2D eigenvalue weighted by atomic mass is 9.74. The summed E-state index contributed by atoms with van der Waals surface area (Å²) in [6, 6.07) is 82.2. The number of amides is 4. The quantitative estimate of drug-likeness (QED) is 0.0204. The van der Waals surface area contributed by atoms with Gasteiger partial charge in [-0.05, 0) is 77.6 Å². The smallest absolute Gasteiger partial charge is 0.228 e. The van der Waals surface area contributed by atoms with Crippen LogP contribution in [0.2, 0.25) is 0 Å². The Morgan fingerprint density at radius 2 is 0.382 bits per heavy atom. The van der Waals surface area contributed by atoms with Crippen LogP contribution < -0.4 is 102 Å². The predicted molar refractivity (Wildman–Crippen MR) is 586 cm³/mol. The van der Waals surface area contributed by atoms with Crippen molar-refractivity contribution >= 4 is 94.6 Å². The second-order valence-electron chi connectivity index (χ2n) is 36.9. The first kappa shape index (κ1) is 109. The van der Waals surface area contributed by atoms with Gasteiger partial charge < -0.3 is 77.4 Å². The highest BCUT2D eigenvalue weighted by molar-refractivity contribution is 7.80. The highest BCUT2D eigenvalue weighted by Gasteiger charge is 2.43. The number of nitrogens with one attached hydrogen (secondary N) is 4. The normalized spacial score (nSPS) is 14.1. The second-order valence-corrected chi connectivity index (χ2v) is 48.2. The maximum Gasteiger partial charge on any atom is 0.228 e. The molecule has 13 rings (SSSR count). The molecular weight excluding hydrogens is 1880 g/mol. The summed E-state index contributed by atoms with van der Waals surface area (Å²) >= 11 is 0. The number of rotatable bonds is 52. The fourth-order valence-electron chi connectivity index (χ4n) is 20.7. The molecule has 20 nitrogen and oxygen atoms in total. The molecule has 24 heteroatoms. The zero-order chi connectivity index (χ0) is 102. The molecule has 4 unspecified atom stereocenters. The second kappa shape index (κ2) is 53.1. The van der Waals surface area contributed by atoms with Gasteiger partial charge in [0, 0.05) is 111 Å². The number of hydrogen-bond acceptors (Lipinski definition) is 16. The number of ether oxygens (including phenoxy) is 8. The number of carbonyl (C=O) groups is 4. The first-order valence-electron chi connectivity index (χ1n) is 51.5. The molecule has 12 aromatic rings. The minimum Gasteiger partial charge on any atom is -0.496 e. The van der Waals surface area contributed by atoms with Gasteiger partial charge in [0.2, 0.25) is 23.6 Å². The van der Waals surface area contributed by atoms with Gasteiger partial charge >= 0.3 is 0 Å². The van der Waals surface area contributed by atoms with Crippen LogP contribution in [0, 0.1) is 0 Å². The fourth-order valence-corrected chi connectivity index (χ4v) is 30.7. The Kier molecular flexibility index (Phi) is 40.2. The highest BCUT2D eigenvalue weighted by Crippen LogP contribution is 2.59. The Bertz CT molecular complexity index is 5510. The van der Waals surface area contributed by atoms with Crippen molar-refractivity contribution in [3.63, 3.8) is 0 Å². The fraction of sp³-hybridized carbons (Fsp3) is 0.367. The minimum atomic E-state index is -3.71. The molecule has 144 heavy (non-hydrogen) atoms. The van der Waals surface area contributed by atoms with Crippen LogP contribution in [-0.2, 0) is 63.6 Å². The molecule has 0 saturated heterocycles. The van der Waals surface area contributed by atoms with Crippen molar-refractivity contribution in [2.24, 2.45) is 0 Å². The molecule has 0 aromatic heterocycles. The third-order valence-electron chi connectivity index (χ3n) is 27.6. The molecule has 0 fully saturated rings. The maximum absolute atomic E-state index is 16.2. The van der Waals surface area contributed by atoms with E-state index in [4.69, 9.17) is 37.9 Å². The van der Waals surface area contributed by atoms with Crippen LogP contribution in [0.3, 0.4) is 0 Å². The van der Waals surface area contributed by atoms with Crippen LogP contribution in [0.25, 0.3) is 0 Å². The van der Waals surface area contributed by atoms with Crippen LogP contribution >= 0.6 is 28.6 Å². The van der Waals surface area contributed by atoms with Crippen molar-refractivity contribution in [3.8, 4) is 46.0 Å². The van der Waals surface area contributed by atoms with Crippen molar-refractivity contribution < 1.29 is 75.3 Å². The summed E-state index contributed by atoms with van der Waals surface area (Å²) in [6.45, 7) is 16.2. The molecule has 8 bridgehead atoms. The van der Waals surface area contributed by atoms with E-state index in [-0.39, 0.29) is 77.3 Å². The first-order valence-corrected chi connectivity index (χ1v) is 59.0. The molecule has 4 N–H and O–H groups in total. The van der Waals surface area contributed by atoms with Gasteiger partial charge in [-0.1, -0.05) is 347 Å². The lowest BCUT2D eigenvalue weighted by Gasteiger charge is -2.35. The summed E-state index contributed by atoms with van der Waals surface area (Å²) in [4.78, 5) is 63.4. The van der Waals surface area contributed by atoms with Crippen molar-refractivity contribution in [1.82, 2.24) is 21.3 Å². The molecule has 0 spiro atoms. The zero-order valence-electron chi connectivity index (χ0n) is 85.8. The SMILES string of the molecule is CCCCCC1c2cc(c(OCC)c(CNC(=O)CP(=O)(c3ccccc3)c3ccccc3)c2OC)C(CCCCC)c2cc(c(OCC)c(CNC(=O)CP(=O)(c3ccccc3)c3ccccc3)c2OC)C(CCCCC)c2cc(c(OCC)c(CNC(=O)CP(=O)(c3ccccc3)c3ccccc3)c2OC)C(CCCCC)c2cc1c(OCC)c(CNC(=O)CP(=O)(c1ccccc1)c1ccccc1)c2OC. The maximum atomic E-state index is 16.2. The number of carbonyl (C=O) groups excluding carboxylic acids is 4. The summed E-state index contributed by atoms with van der Waals surface area (Å²) in [6.07, 6.45) is 9.39. The number of methoxy groups -OCH3 is 4. The molecule has 0 saturated carbocycles. The summed E-state index contributed by atoms with van der Waals surface area (Å²) < 4.78 is 123. The van der Waals surface area contributed by atoms with E-state index in [9.17, 15) is 0 Å². The summed E-state index contributed by atoms with van der Waals surface area (Å²) in [5.74, 6) is -1.57. The van der Waals surface area contributed by atoms with Gasteiger partial charge in [0.1, 0.15) is 46.0 Å². The van der Waals surface area contributed by atoms with E-state index in [1.165, 1.54) is 0 Å². The average molecular weight is 2020 g/mol. The molecular formula is C120H144N4O16P4. The van der Waals surface area contributed by atoms with Crippen LogP contribution in [0.15, 0.2) is 267 Å². The molecule has 760 valence electrons. The van der Waals surface area contributed by atoms with Crippen molar-refractivity contribution in [2.75, 3.05) is 79.5 Å². The van der Waals surface area contributed by atoms with E-state index >= 15 is 37.4 Å². The van der Waals surface area contributed by atoms with E-state index in [1.807, 2.05) is 270 Å². The van der Waals surface area contributed by atoms with Gasteiger partial charge in [0.25, 0.3) is 0 Å². The lowest BCUT2D eigenvalue weighted by Crippen LogP contribution is -2.31. The van der Waals surface area contributed by atoms with Crippen LogP contribution in [0.1, 0.15) is 249 Å². The third kappa shape index (κ3) is 25.3. The summed E-state index contributed by atoms with van der Waals surface area (Å²) in [5, 5.41) is 17.7. The van der Waals surface area contributed by atoms with Gasteiger partial charge in [-0.2, -0.15) is 0 Å². The molecule has 4 atom stereocenters. The topological polar surface area (TPSA) is 259 Å². The Labute approximate surface area is 852 Å². The van der Waals surface area contributed by atoms with Gasteiger partial charge in [-0.25, -0.2) is 0 Å². The van der Waals surface area contributed by atoms with Crippen molar-refractivity contribution in [3.05, 3.63) is 334 Å².